The minimum Gasteiger partial charge on any atom is -0.456 e. The molecule has 0 atom stereocenters. The van der Waals surface area contributed by atoms with E-state index in [4.69, 9.17) is 17.7 Å². The molecule has 6 heteroatoms. The van der Waals surface area contributed by atoms with Crippen LogP contribution in [0.2, 0.25) is 0 Å². The summed E-state index contributed by atoms with van der Waals surface area (Å²) < 4.78 is 26.6. The maximum Gasteiger partial charge on any atom is 0.178 e. The monoisotopic (exact) mass is 956 g/mol. The molecule has 0 spiro atoms. The van der Waals surface area contributed by atoms with Gasteiger partial charge in [-0.05, 0) is 194 Å². The Labute approximate surface area is 425 Å². The van der Waals surface area contributed by atoms with Crippen molar-refractivity contribution in [3.63, 3.8) is 0 Å². The molecule has 0 bridgehead atoms. The fraction of sp³-hybridized carbons (Fsp3) is 0.0882. The van der Waals surface area contributed by atoms with Gasteiger partial charge in [-0.2, -0.15) is 0 Å². The highest BCUT2D eigenvalue weighted by Crippen LogP contribution is 2.49. The van der Waals surface area contributed by atoms with Gasteiger partial charge < -0.3 is 27.5 Å². The van der Waals surface area contributed by atoms with E-state index in [2.05, 4.69) is 221 Å². The second kappa shape index (κ2) is 15.6. The van der Waals surface area contributed by atoms with Gasteiger partial charge in [0.15, 0.2) is 11.2 Å². The van der Waals surface area contributed by atoms with Gasteiger partial charge in [0, 0.05) is 65.8 Å². The predicted molar refractivity (Wildman–Crippen MR) is 308 cm³/mol. The molecule has 15 rings (SSSR count). The lowest BCUT2D eigenvalue weighted by atomic mass is 9.98. The number of fused-ring (bicyclic) bond motifs is 15. The molecule has 0 saturated carbocycles. The normalized spacial score (nSPS) is 12.2. The molecule has 0 aliphatic heterocycles. The van der Waals surface area contributed by atoms with Gasteiger partial charge in [-0.1, -0.05) is 84.9 Å². The average molecular weight is 957 g/mol. The number of nitrogens with zero attached hydrogens (tertiary/aromatic N) is 2. The third-order valence-electron chi connectivity index (χ3n) is 15.8. The highest BCUT2D eigenvalue weighted by molar-refractivity contribution is 6.22. The van der Waals surface area contributed by atoms with E-state index in [-0.39, 0.29) is 0 Å². The zero-order chi connectivity index (χ0) is 49.7. The highest BCUT2D eigenvalue weighted by atomic mass is 16.4. The van der Waals surface area contributed by atoms with Crippen LogP contribution >= 0.6 is 0 Å². The van der Waals surface area contributed by atoms with Crippen LogP contribution in [-0.4, -0.2) is 0 Å². The Morgan fingerprint density at radius 2 is 0.703 bits per heavy atom. The molecule has 74 heavy (non-hydrogen) atoms. The molecule has 0 amide bonds. The van der Waals surface area contributed by atoms with E-state index in [9.17, 15) is 0 Å². The molecule has 11 aromatic carbocycles. The van der Waals surface area contributed by atoms with E-state index >= 15 is 0 Å². The molecule has 0 unspecified atom stereocenters. The third-order valence-corrected chi connectivity index (χ3v) is 15.8. The summed E-state index contributed by atoms with van der Waals surface area (Å²) >= 11 is 0. The Hall–Kier alpha value is -9.26. The smallest absolute Gasteiger partial charge is 0.178 e. The zero-order valence-electron chi connectivity index (χ0n) is 41.8. The van der Waals surface area contributed by atoms with Crippen LogP contribution in [0.25, 0.3) is 109 Å². The molecular weight excluding hydrogens is 909 g/mol. The predicted octanol–water partition coefficient (Wildman–Crippen LogP) is 20.4. The van der Waals surface area contributed by atoms with Crippen LogP contribution in [0.4, 0.5) is 34.1 Å². The SMILES string of the molecule is Cc1ccccc1N(c1ccc2cc3c(cc2c1)oc1c3ccc2c3cc4ccc(N(c5ccccc5C)c5c(C)cc6oc7ccccc7c6c5C)cc4cc3oc21)c1c(C)cc2oc3ccccc3c2c1C. The van der Waals surface area contributed by atoms with Gasteiger partial charge in [-0.3, -0.25) is 0 Å². The maximum atomic E-state index is 6.91. The van der Waals surface area contributed by atoms with Gasteiger partial charge in [0.25, 0.3) is 0 Å². The Kier molecular flexibility index (Phi) is 8.95. The molecule has 354 valence electrons. The lowest BCUT2D eigenvalue weighted by Gasteiger charge is -2.30. The Morgan fingerprint density at radius 1 is 0.284 bits per heavy atom. The summed E-state index contributed by atoms with van der Waals surface area (Å²) in [7, 11) is 0. The highest BCUT2D eigenvalue weighted by Gasteiger charge is 2.26. The quantitative estimate of drug-likeness (QED) is 0.165. The number of hydrogen-bond donors (Lipinski definition) is 0. The fourth-order valence-electron chi connectivity index (χ4n) is 12.4. The first-order valence-electron chi connectivity index (χ1n) is 25.4. The van der Waals surface area contributed by atoms with E-state index in [1.54, 1.807) is 0 Å². The van der Waals surface area contributed by atoms with Gasteiger partial charge in [0.2, 0.25) is 0 Å². The number of rotatable bonds is 6. The molecule has 15 aromatic rings. The van der Waals surface area contributed by atoms with Crippen molar-refractivity contribution in [1.29, 1.82) is 0 Å². The van der Waals surface area contributed by atoms with Crippen LogP contribution < -0.4 is 9.80 Å². The lowest BCUT2D eigenvalue weighted by molar-refractivity contribution is 0.634. The van der Waals surface area contributed by atoms with Gasteiger partial charge in [-0.15, -0.1) is 0 Å². The molecule has 4 heterocycles. The number of benzene rings is 11. The topological polar surface area (TPSA) is 59.0 Å². The number of furan rings is 4. The van der Waals surface area contributed by atoms with Gasteiger partial charge in [-0.25, -0.2) is 0 Å². The van der Waals surface area contributed by atoms with Crippen LogP contribution in [0, 0.1) is 41.5 Å². The van der Waals surface area contributed by atoms with Crippen LogP contribution in [0.15, 0.2) is 200 Å². The summed E-state index contributed by atoms with van der Waals surface area (Å²) in [6, 6.07) is 65.1. The summed E-state index contributed by atoms with van der Waals surface area (Å²) in [6.45, 7) is 13.2. The summed E-state index contributed by atoms with van der Waals surface area (Å²) in [5.41, 5.74) is 20.4. The van der Waals surface area contributed by atoms with E-state index < -0.39 is 0 Å². The van der Waals surface area contributed by atoms with Crippen LogP contribution in [0.5, 0.6) is 0 Å². The largest absolute Gasteiger partial charge is 0.456 e. The van der Waals surface area contributed by atoms with Crippen molar-refractivity contribution in [3.05, 3.63) is 215 Å². The van der Waals surface area contributed by atoms with E-state index in [1.807, 2.05) is 12.1 Å². The summed E-state index contributed by atoms with van der Waals surface area (Å²) in [5, 5.41) is 13.1. The standard InChI is InChI=1S/C68H48N2O4/c1-37-15-7-11-19-55(37)69(65-39(3)29-61-63(41(65)5)51-17-9-13-21-57(51)71-61)47-25-23-43-33-53-49-27-28-50-54-34-44-24-26-48(32-46(44)36-60(54)74-68(50)67(49)73-59(53)35-45(43)31-47)70(56-20-12-8-16-38(56)2)66-40(4)30-62-64(42(66)6)52-18-10-14-22-58(52)72-62/h7-36H,1-6H3. The summed E-state index contributed by atoms with van der Waals surface area (Å²) in [6.07, 6.45) is 0. The molecule has 0 saturated heterocycles. The van der Waals surface area contributed by atoms with Gasteiger partial charge in [0.1, 0.15) is 33.5 Å². The minimum absolute atomic E-state index is 0.751. The first-order valence-corrected chi connectivity index (χ1v) is 25.4. The molecule has 0 aliphatic rings. The summed E-state index contributed by atoms with van der Waals surface area (Å²) in [4.78, 5) is 4.83. The van der Waals surface area contributed by atoms with Crippen LogP contribution in [0.1, 0.15) is 33.4 Å². The molecule has 0 N–H and O–H groups in total. The molecular formula is C68H48N2O4. The van der Waals surface area contributed by atoms with Crippen LogP contribution in [0.3, 0.4) is 0 Å². The van der Waals surface area contributed by atoms with Crippen molar-refractivity contribution in [3.8, 4) is 0 Å². The van der Waals surface area contributed by atoms with Crippen molar-refractivity contribution < 1.29 is 17.7 Å². The van der Waals surface area contributed by atoms with Gasteiger partial charge in [0.05, 0.1) is 11.4 Å². The van der Waals surface area contributed by atoms with Crippen molar-refractivity contribution in [2.24, 2.45) is 0 Å². The number of anilines is 6. The van der Waals surface area contributed by atoms with Crippen molar-refractivity contribution in [1.82, 2.24) is 0 Å². The van der Waals surface area contributed by atoms with E-state index in [0.29, 0.717) is 0 Å². The number of aryl methyl sites for hydroxylation is 6. The lowest BCUT2D eigenvalue weighted by Crippen LogP contribution is -2.14. The fourth-order valence-corrected chi connectivity index (χ4v) is 12.4. The van der Waals surface area contributed by atoms with Gasteiger partial charge >= 0.3 is 0 Å². The number of para-hydroxylation sites is 4. The third kappa shape index (κ3) is 6.12. The van der Waals surface area contributed by atoms with E-state index in [0.717, 1.165) is 155 Å². The maximum absolute atomic E-state index is 6.91. The van der Waals surface area contributed by atoms with Crippen LogP contribution in [-0.2, 0) is 0 Å². The average Bonchev–Trinajstić information content (AvgIpc) is 4.19. The van der Waals surface area contributed by atoms with Crippen molar-refractivity contribution in [2.75, 3.05) is 9.80 Å². The van der Waals surface area contributed by atoms with E-state index in [1.165, 1.54) is 22.3 Å². The molecule has 6 nitrogen and oxygen atoms in total. The zero-order valence-corrected chi connectivity index (χ0v) is 41.8. The summed E-state index contributed by atoms with van der Waals surface area (Å²) in [5.74, 6) is 0. The van der Waals surface area contributed by atoms with Crippen molar-refractivity contribution in [2.45, 2.75) is 41.5 Å². The molecule has 0 fully saturated rings. The Morgan fingerprint density at radius 3 is 1.15 bits per heavy atom. The first-order chi connectivity index (χ1) is 36.1. The molecule has 0 aliphatic carbocycles. The van der Waals surface area contributed by atoms with Crippen molar-refractivity contribution >= 4 is 143 Å². The second-order valence-electron chi connectivity index (χ2n) is 20.3. The minimum atomic E-state index is 0.751. The Bertz CT molecular complexity index is 4580. The molecule has 4 aromatic heterocycles. The first kappa shape index (κ1) is 42.4. The number of hydrogen-bond acceptors (Lipinski definition) is 6. The Balaban J connectivity index is 0.864. The molecule has 0 radical (unpaired) electrons. The second-order valence-corrected chi connectivity index (χ2v) is 20.3.